The summed E-state index contributed by atoms with van der Waals surface area (Å²) in [6.45, 7) is 0. The zero-order chi connectivity index (χ0) is 18.2. The predicted molar refractivity (Wildman–Crippen MR) is 105 cm³/mol. The second-order valence-electron chi connectivity index (χ2n) is 5.96. The van der Waals surface area contributed by atoms with Crippen molar-refractivity contribution >= 4 is 22.8 Å². The summed E-state index contributed by atoms with van der Waals surface area (Å²) in [6, 6.07) is 20.1. The van der Waals surface area contributed by atoms with Gasteiger partial charge in [-0.2, -0.15) is 9.97 Å². The van der Waals surface area contributed by atoms with Gasteiger partial charge in [-0.25, -0.2) is 9.97 Å². The number of H-pyrrole nitrogens is 1. The van der Waals surface area contributed by atoms with Crippen molar-refractivity contribution in [1.29, 1.82) is 0 Å². The maximum Gasteiger partial charge on any atom is 0.226 e. The number of fused-ring (bicyclic) bond motifs is 1. The lowest BCUT2D eigenvalue weighted by molar-refractivity contribution is 0.993. The number of imidazole rings is 2. The topological polar surface area (TPSA) is 72.3 Å². The van der Waals surface area contributed by atoms with Gasteiger partial charge in [-0.15, -0.1) is 0 Å². The quantitative estimate of drug-likeness (QED) is 0.472. The largest absolute Gasteiger partial charge is 0.340 e. The third-order valence-corrected chi connectivity index (χ3v) is 4.50. The number of aromatic nitrogens is 6. The van der Waals surface area contributed by atoms with Crippen LogP contribution in [0.5, 0.6) is 0 Å². The van der Waals surface area contributed by atoms with Crippen molar-refractivity contribution in [3.05, 3.63) is 78.6 Å². The Hall–Kier alpha value is -3.51. The minimum Gasteiger partial charge on any atom is -0.340 e. The molecule has 0 spiro atoms. The number of benzene rings is 2. The molecule has 0 radical (unpaired) electrons. The third kappa shape index (κ3) is 2.67. The number of aromatic amines is 1. The van der Waals surface area contributed by atoms with Gasteiger partial charge >= 0.3 is 0 Å². The van der Waals surface area contributed by atoms with Crippen molar-refractivity contribution < 1.29 is 0 Å². The first-order chi connectivity index (χ1) is 13.3. The van der Waals surface area contributed by atoms with Gasteiger partial charge < -0.3 is 4.98 Å². The molecule has 27 heavy (non-hydrogen) atoms. The molecule has 3 aromatic heterocycles. The predicted octanol–water partition coefficient (Wildman–Crippen LogP) is 4.53. The van der Waals surface area contributed by atoms with E-state index in [1.165, 1.54) is 0 Å². The fourth-order valence-electron chi connectivity index (χ4n) is 3.15. The van der Waals surface area contributed by atoms with Crippen molar-refractivity contribution in [2.45, 2.75) is 0 Å². The summed E-state index contributed by atoms with van der Waals surface area (Å²) < 4.78 is 1.92. The maximum atomic E-state index is 6.14. The van der Waals surface area contributed by atoms with E-state index in [1.807, 2.05) is 65.2 Å². The van der Waals surface area contributed by atoms with Crippen LogP contribution in [-0.2, 0) is 0 Å². The number of nitrogens with one attached hydrogen (secondary N) is 1. The minimum atomic E-state index is 0.138. The van der Waals surface area contributed by atoms with Gasteiger partial charge in [-0.05, 0) is 11.6 Å². The normalized spacial score (nSPS) is 11.1. The zero-order valence-corrected chi connectivity index (χ0v) is 14.8. The molecule has 0 unspecified atom stereocenters. The summed E-state index contributed by atoms with van der Waals surface area (Å²) >= 11 is 6.14. The highest BCUT2D eigenvalue weighted by molar-refractivity contribution is 6.28. The van der Waals surface area contributed by atoms with Crippen LogP contribution in [-0.4, -0.2) is 29.5 Å². The Morgan fingerprint density at radius 3 is 2.26 bits per heavy atom. The average molecular weight is 373 g/mol. The molecule has 0 aliphatic heterocycles. The Bertz CT molecular complexity index is 1230. The molecule has 0 aliphatic rings. The Morgan fingerprint density at radius 1 is 0.815 bits per heavy atom. The fourth-order valence-corrected chi connectivity index (χ4v) is 3.31. The van der Waals surface area contributed by atoms with Crippen molar-refractivity contribution in [2.24, 2.45) is 0 Å². The Balaban J connectivity index is 1.83. The van der Waals surface area contributed by atoms with Crippen molar-refractivity contribution in [3.63, 3.8) is 0 Å². The Labute approximate surface area is 159 Å². The molecular weight excluding hydrogens is 360 g/mol. The first-order valence-electron chi connectivity index (χ1n) is 8.36. The molecule has 0 bridgehead atoms. The number of rotatable bonds is 3. The van der Waals surface area contributed by atoms with Crippen LogP contribution in [0, 0.1) is 0 Å². The standard InChI is InChI=1S/C20H13ClN6/c21-20-25-18-16(22-11-23-18)19(26-20)27-12-24-15(13-7-3-1-4-8-13)17(27)14-9-5-2-6-10-14/h1-12H,(H,22,23,25,26). The summed E-state index contributed by atoms with van der Waals surface area (Å²) in [5.74, 6) is 0.607. The lowest BCUT2D eigenvalue weighted by Crippen LogP contribution is -2.02. The van der Waals surface area contributed by atoms with E-state index in [0.29, 0.717) is 17.0 Å². The molecule has 5 aromatic rings. The van der Waals surface area contributed by atoms with Gasteiger partial charge in [0.05, 0.1) is 17.7 Å². The molecule has 5 rings (SSSR count). The first kappa shape index (κ1) is 15.7. The lowest BCUT2D eigenvalue weighted by atomic mass is 10.0. The Morgan fingerprint density at radius 2 is 1.52 bits per heavy atom. The van der Waals surface area contributed by atoms with E-state index in [4.69, 9.17) is 11.6 Å². The van der Waals surface area contributed by atoms with Gasteiger partial charge in [-0.1, -0.05) is 60.7 Å². The van der Waals surface area contributed by atoms with Crippen LogP contribution in [0.25, 0.3) is 39.5 Å². The molecule has 2 aromatic carbocycles. The van der Waals surface area contributed by atoms with Gasteiger partial charge in [0.15, 0.2) is 11.5 Å². The molecule has 130 valence electrons. The molecule has 1 N–H and O–H groups in total. The summed E-state index contributed by atoms with van der Waals surface area (Å²) in [5.41, 5.74) is 5.05. The van der Waals surface area contributed by atoms with Crippen LogP contribution in [0.1, 0.15) is 0 Å². The highest BCUT2D eigenvalue weighted by Crippen LogP contribution is 2.34. The molecule has 0 saturated heterocycles. The van der Waals surface area contributed by atoms with E-state index in [-0.39, 0.29) is 5.28 Å². The van der Waals surface area contributed by atoms with Crippen LogP contribution in [0.3, 0.4) is 0 Å². The second-order valence-corrected chi connectivity index (χ2v) is 6.30. The fraction of sp³-hybridized carbons (Fsp3) is 0. The summed E-state index contributed by atoms with van der Waals surface area (Å²) in [5, 5.41) is 0.138. The Kier molecular flexibility index (Phi) is 3.69. The SMILES string of the molecule is Clc1nc(-n2cnc(-c3ccccc3)c2-c2ccccc2)c2[nH]cnc2n1. The molecule has 0 atom stereocenters. The van der Waals surface area contributed by atoms with E-state index in [2.05, 4.69) is 24.9 Å². The van der Waals surface area contributed by atoms with E-state index in [1.54, 1.807) is 12.7 Å². The summed E-state index contributed by atoms with van der Waals surface area (Å²) in [4.78, 5) is 20.6. The van der Waals surface area contributed by atoms with E-state index in [9.17, 15) is 0 Å². The van der Waals surface area contributed by atoms with Gasteiger partial charge in [0.25, 0.3) is 0 Å². The molecule has 0 fully saturated rings. The number of hydrogen-bond donors (Lipinski definition) is 1. The molecular formula is C20H13ClN6. The van der Waals surface area contributed by atoms with E-state index in [0.717, 1.165) is 22.5 Å². The summed E-state index contributed by atoms with van der Waals surface area (Å²) in [6.07, 6.45) is 3.33. The number of hydrogen-bond acceptors (Lipinski definition) is 4. The van der Waals surface area contributed by atoms with Crippen LogP contribution < -0.4 is 0 Å². The number of nitrogens with zero attached hydrogens (tertiary/aromatic N) is 5. The van der Waals surface area contributed by atoms with Crippen molar-refractivity contribution in [3.8, 4) is 28.3 Å². The van der Waals surface area contributed by atoms with E-state index >= 15 is 0 Å². The van der Waals surface area contributed by atoms with Crippen LogP contribution in [0.2, 0.25) is 5.28 Å². The van der Waals surface area contributed by atoms with Crippen LogP contribution in [0.4, 0.5) is 0 Å². The van der Waals surface area contributed by atoms with Gasteiger partial charge in [0.2, 0.25) is 5.28 Å². The molecule has 0 aliphatic carbocycles. The maximum absolute atomic E-state index is 6.14. The van der Waals surface area contributed by atoms with Gasteiger partial charge in [-0.3, -0.25) is 4.57 Å². The smallest absolute Gasteiger partial charge is 0.226 e. The average Bonchev–Trinajstić information content (AvgIpc) is 3.35. The second kappa shape index (κ2) is 6.34. The highest BCUT2D eigenvalue weighted by Gasteiger charge is 2.19. The monoisotopic (exact) mass is 372 g/mol. The summed E-state index contributed by atoms with van der Waals surface area (Å²) in [7, 11) is 0. The lowest BCUT2D eigenvalue weighted by Gasteiger charge is -2.11. The molecule has 6 nitrogen and oxygen atoms in total. The van der Waals surface area contributed by atoms with Crippen LogP contribution in [0.15, 0.2) is 73.3 Å². The van der Waals surface area contributed by atoms with Gasteiger partial charge in [0, 0.05) is 11.1 Å². The third-order valence-electron chi connectivity index (χ3n) is 4.33. The first-order valence-corrected chi connectivity index (χ1v) is 8.74. The van der Waals surface area contributed by atoms with E-state index < -0.39 is 0 Å². The van der Waals surface area contributed by atoms with Crippen molar-refractivity contribution in [1.82, 2.24) is 29.5 Å². The van der Waals surface area contributed by atoms with Crippen molar-refractivity contribution in [2.75, 3.05) is 0 Å². The highest BCUT2D eigenvalue weighted by atomic mass is 35.5. The zero-order valence-electron chi connectivity index (χ0n) is 14.0. The van der Waals surface area contributed by atoms with Gasteiger partial charge in [0.1, 0.15) is 11.8 Å². The molecule has 3 heterocycles. The molecule has 0 amide bonds. The van der Waals surface area contributed by atoms with Crippen LogP contribution >= 0.6 is 11.6 Å². The molecule has 0 saturated carbocycles. The number of halogens is 1. The minimum absolute atomic E-state index is 0.138. The molecule has 7 heteroatoms.